The van der Waals surface area contributed by atoms with E-state index in [9.17, 15) is 4.39 Å². The lowest BCUT2D eigenvalue weighted by atomic mass is 9.64. The predicted molar refractivity (Wildman–Crippen MR) is 157 cm³/mol. The van der Waals surface area contributed by atoms with E-state index < -0.39 is 6.17 Å². The van der Waals surface area contributed by atoms with E-state index in [0.717, 1.165) is 12.6 Å². The average Bonchev–Trinajstić information content (AvgIpc) is 3.36. The Morgan fingerprint density at radius 1 is 1.03 bits per heavy atom. The molecule has 2 aromatic rings. The van der Waals surface area contributed by atoms with Crippen LogP contribution < -0.4 is 5.32 Å². The molecule has 6 rings (SSSR count). The molecule has 0 amide bonds. The molecule has 4 heteroatoms. The first-order valence-corrected chi connectivity index (χ1v) is 14.3. The number of rotatable bonds is 8. The maximum Gasteiger partial charge on any atom is 0.119 e. The largest absolute Gasteiger partial charge is 0.381 e. The van der Waals surface area contributed by atoms with Crippen molar-refractivity contribution in [2.24, 2.45) is 5.92 Å². The first-order valence-electron chi connectivity index (χ1n) is 14.3. The normalized spacial score (nSPS) is 29.9. The number of benzene rings is 2. The van der Waals surface area contributed by atoms with Gasteiger partial charge in [-0.15, -0.1) is 0 Å². The number of piperidine rings is 1. The number of nitrogens with zero attached hydrogens (tertiary/aromatic N) is 2. The van der Waals surface area contributed by atoms with Gasteiger partial charge in [-0.05, 0) is 61.4 Å². The molecule has 0 bridgehead atoms. The van der Waals surface area contributed by atoms with Crippen molar-refractivity contribution >= 4 is 0 Å². The highest BCUT2D eigenvalue weighted by Gasteiger charge is 2.69. The molecule has 0 radical (unpaired) electrons. The summed E-state index contributed by atoms with van der Waals surface area (Å²) in [7, 11) is 0. The van der Waals surface area contributed by atoms with Crippen molar-refractivity contribution < 1.29 is 4.39 Å². The summed E-state index contributed by atoms with van der Waals surface area (Å²) in [4.78, 5) is 4.87. The van der Waals surface area contributed by atoms with Gasteiger partial charge in [0.1, 0.15) is 6.17 Å². The number of nitrogens with one attached hydrogen (secondary N) is 1. The summed E-state index contributed by atoms with van der Waals surface area (Å²) in [6, 6.07) is 20.8. The summed E-state index contributed by atoms with van der Waals surface area (Å²) < 4.78 is 13.4. The Morgan fingerprint density at radius 2 is 1.68 bits per heavy atom. The van der Waals surface area contributed by atoms with E-state index in [0.29, 0.717) is 36.4 Å². The number of hydrogen-bond acceptors (Lipinski definition) is 3. The second-order valence-corrected chi connectivity index (χ2v) is 12.0. The monoisotopic (exact) mass is 513 g/mol. The minimum Gasteiger partial charge on any atom is -0.381 e. The Kier molecular flexibility index (Phi) is 7.55. The second kappa shape index (κ2) is 10.7. The SMILES string of the molecule is C=C(C1CC2CC3(C(=C)C)CC1N23)N1CCC(F)C1.C=CNC(c1ccccc1)c1ccc(C(C)C)cc1. The summed E-state index contributed by atoms with van der Waals surface area (Å²) >= 11 is 0. The van der Waals surface area contributed by atoms with Crippen molar-refractivity contribution in [3.8, 4) is 0 Å². The molecule has 0 spiro atoms. The summed E-state index contributed by atoms with van der Waals surface area (Å²) in [6.07, 6.45) is 5.55. The molecule has 6 atom stereocenters. The number of hydrogen-bond donors (Lipinski definition) is 1. The van der Waals surface area contributed by atoms with Gasteiger partial charge in [0, 0.05) is 42.3 Å². The lowest BCUT2D eigenvalue weighted by molar-refractivity contribution is -0.144. The molecule has 3 nitrogen and oxygen atoms in total. The number of alkyl halides is 1. The van der Waals surface area contributed by atoms with Gasteiger partial charge in [-0.3, -0.25) is 4.90 Å². The van der Waals surface area contributed by atoms with E-state index in [1.165, 1.54) is 47.2 Å². The molecule has 1 N–H and O–H groups in total. The Balaban J connectivity index is 0.000000155. The van der Waals surface area contributed by atoms with Gasteiger partial charge < -0.3 is 10.2 Å². The summed E-state index contributed by atoms with van der Waals surface area (Å²) in [5.41, 5.74) is 6.74. The van der Waals surface area contributed by atoms with Gasteiger partial charge >= 0.3 is 0 Å². The van der Waals surface area contributed by atoms with Crippen LogP contribution in [-0.4, -0.2) is 46.7 Å². The molecule has 6 unspecified atom stereocenters. The lowest BCUT2D eigenvalue weighted by Crippen LogP contribution is -2.76. The first-order chi connectivity index (χ1) is 18.2. The summed E-state index contributed by atoms with van der Waals surface area (Å²) in [5, 5.41) is 3.33. The third-order valence-electron chi connectivity index (χ3n) is 9.47. The quantitative estimate of drug-likeness (QED) is 0.372. The van der Waals surface area contributed by atoms with Crippen LogP contribution in [0, 0.1) is 5.92 Å². The van der Waals surface area contributed by atoms with Crippen molar-refractivity contribution in [2.75, 3.05) is 13.1 Å². The molecule has 38 heavy (non-hydrogen) atoms. The van der Waals surface area contributed by atoms with Crippen LogP contribution in [0.15, 0.2) is 91.8 Å². The van der Waals surface area contributed by atoms with Gasteiger partial charge in [0.15, 0.2) is 0 Å². The molecule has 4 fully saturated rings. The zero-order valence-corrected chi connectivity index (χ0v) is 23.4. The predicted octanol–water partition coefficient (Wildman–Crippen LogP) is 7.36. The van der Waals surface area contributed by atoms with Crippen LogP contribution in [0.2, 0.25) is 0 Å². The molecule has 0 saturated carbocycles. The minimum absolute atomic E-state index is 0.167. The van der Waals surface area contributed by atoms with Gasteiger partial charge in [0.2, 0.25) is 0 Å². The fourth-order valence-corrected chi connectivity index (χ4v) is 7.28. The standard InChI is InChI=1S/C18H21N.C16H23FN2/c1-4-19-18(16-8-6-5-7-9-16)17-12-10-15(11-13-17)14(2)3;1-10(2)16-7-13-6-14(15(8-16)19(13)16)11(3)18-5-4-12(17)9-18/h4-14,18-19H,1H2,2-3H3;12-15H,1,3-9H2,2H3. The van der Waals surface area contributed by atoms with E-state index in [1.54, 1.807) is 6.20 Å². The first kappa shape index (κ1) is 26.7. The minimum atomic E-state index is -0.647. The van der Waals surface area contributed by atoms with Crippen LogP contribution in [0.1, 0.15) is 75.1 Å². The molecule has 4 aliphatic heterocycles. The molecule has 4 saturated heterocycles. The van der Waals surface area contributed by atoms with Crippen LogP contribution in [0.25, 0.3) is 0 Å². The Labute approximate surface area is 229 Å². The third-order valence-corrected chi connectivity index (χ3v) is 9.47. The van der Waals surface area contributed by atoms with Gasteiger partial charge in [-0.1, -0.05) is 93.8 Å². The maximum atomic E-state index is 13.4. The molecule has 4 heterocycles. The van der Waals surface area contributed by atoms with Crippen molar-refractivity contribution in [2.45, 2.75) is 82.2 Å². The van der Waals surface area contributed by atoms with E-state index in [2.05, 4.69) is 104 Å². The van der Waals surface area contributed by atoms with Gasteiger partial charge in [0.25, 0.3) is 0 Å². The molecule has 0 aliphatic carbocycles. The van der Waals surface area contributed by atoms with E-state index in [-0.39, 0.29) is 6.04 Å². The smallest absolute Gasteiger partial charge is 0.119 e. The number of likely N-dealkylation sites (tertiary alicyclic amines) is 1. The van der Waals surface area contributed by atoms with Gasteiger partial charge in [-0.2, -0.15) is 0 Å². The fraction of sp³-hybridized carbons (Fsp3) is 0.471. The molecule has 0 aromatic heterocycles. The zero-order valence-electron chi connectivity index (χ0n) is 23.4. The summed E-state index contributed by atoms with van der Waals surface area (Å²) in [6.45, 7) is 20.3. The zero-order chi connectivity index (χ0) is 27.0. The highest BCUT2D eigenvalue weighted by molar-refractivity contribution is 5.37. The molecule has 4 aliphatic rings. The van der Waals surface area contributed by atoms with E-state index >= 15 is 0 Å². The number of halogens is 1. The van der Waals surface area contributed by atoms with Crippen LogP contribution in [-0.2, 0) is 0 Å². The summed E-state index contributed by atoms with van der Waals surface area (Å²) in [5.74, 6) is 1.13. The molecular formula is C34H44FN3. The average molecular weight is 514 g/mol. The highest BCUT2D eigenvalue weighted by Crippen LogP contribution is 2.64. The van der Waals surface area contributed by atoms with Gasteiger partial charge in [-0.25, -0.2) is 4.39 Å². The Hall–Kier alpha value is -2.85. The van der Waals surface area contributed by atoms with E-state index in [4.69, 9.17) is 0 Å². The Bertz CT molecular complexity index is 1160. The van der Waals surface area contributed by atoms with Crippen molar-refractivity contribution in [3.05, 3.63) is 108 Å². The van der Waals surface area contributed by atoms with Crippen LogP contribution in [0.4, 0.5) is 4.39 Å². The maximum absolute atomic E-state index is 13.4. The van der Waals surface area contributed by atoms with Crippen molar-refractivity contribution in [3.63, 3.8) is 0 Å². The van der Waals surface area contributed by atoms with Crippen LogP contribution in [0.5, 0.6) is 0 Å². The van der Waals surface area contributed by atoms with Crippen LogP contribution in [0.3, 0.4) is 0 Å². The fourth-order valence-electron chi connectivity index (χ4n) is 7.28. The Morgan fingerprint density at radius 3 is 2.26 bits per heavy atom. The second-order valence-electron chi connectivity index (χ2n) is 12.0. The molecule has 202 valence electrons. The highest BCUT2D eigenvalue weighted by atomic mass is 19.1. The van der Waals surface area contributed by atoms with Crippen LogP contribution >= 0.6 is 0 Å². The van der Waals surface area contributed by atoms with Crippen molar-refractivity contribution in [1.82, 2.24) is 15.1 Å². The molecular weight excluding hydrogens is 469 g/mol. The lowest BCUT2D eigenvalue weighted by Gasteiger charge is -2.68. The molecule has 2 aromatic carbocycles. The topological polar surface area (TPSA) is 18.5 Å². The van der Waals surface area contributed by atoms with Gasteiger partial charge in [0.05, 0.1) is 6.04 Å². The third kappa shape index (κ3) is 4.73. The van der Waals surface area contributed by atoms with Crippen molar-refractivity contribution in [1.29, 1.82) is 0 Å². The van der Waals surface area contributed by atoms with E-state index in [1.807, 2.05) is 6.07 Å².